The minimum atomic E-state index is -0.226. The molecule has 0 amide bonds. The second-order valence-electron chi connectivity index (χ2n) is 3.50. The summed E-state index contributed by atoms with van der Waals surface area (Å²) in [5, 5.41) is 8.75. The first-order valence-corrected chi connectivity index (χ1v) is 5.84. The van der Waals surface area contributed by atoms with Gasteiger partial charge in [-0.15, -0.1) is 11.8 Å². The predicted octanol–water partition coefficient (Wildman–Crippen LogP) is 2.24. The van der Waals surface area contributed by atoms with Crippen LogP contribution in [0.25, 0.3) is 0 Å². The molecule has 3 N–H and O–H groups in total. The zero-order chi connectivity index (χ0) is 11.4. The summed E-state index contributed by atoms with van der Waals surface area (Å²) in [5.74, 6) is 0.376. The molecule has 0 aliphatic carbocycles. The van der Waals surface area contributed by atoms with E-state index in [2.05, 4.69) is 0 Å². The molecular formula is C11H16FNOS. The molecule has 0 aliphatic heterocycles. The number of hydrogen-bond donors (Lipinski definition) is 2. The highest BCUT2D eigenvalue weighted by atomic mass is 32.2. The van der Waals surface area contributed by atoms with Crippen LogP contribution in [0.15, 0.2) is 17.0 Å². The molecule has 0 radical (unpaired) electrons. The van der Waals surface area contributed by atoms with Crippen molar-refractivity contribution in [1.82, 2.24) is 0 Å². The molecule has 0 saturated heterocycles. The standard InChI is InChI=1S/C11H16FNOS/c1-7-5-11(15-4-3-14)9(8(2)13)6-10(7)12/h5-6,8,14H,3-4,13H2,1-2H3. The number of aliphatic hydroxyl groups is 1. The van der Waals surface area contributed by atoms with Crippen molar-refractivity contribution in [2.24, 2.45) is 5.73 Å². The van der Waals surface area contributed by atoms with Gasteiger partial charge in [0.15, 0.2) is 0 Å². The summed E-state index contributed by atoms with van der Waals surface area (Å²) >= 11 is 1.50. The van der Waals surface area contributed by atoms with Gasteiger partial charge in [0.05, 0.1) is 6.61 Å². The molecule has 0 spiro atoms. The monoisotopic (exact) mass is 229 g/mol. The molecule has 15 heavy (non-hydrogen) atoms. The lowest BCUT2D eigenvalue weighted by molar-refractivity contribution is 0.322. The first-order valence-electron chi connectivity index (χ1n) is 4.85. The van der Waals surface area contributed by atoms with Gasteiger partial charge in [0.1, 0.15) is 5.82 Å². The van der Waals surface area contributed by atoms with Gasteiger partial charge in [-0.1, -0.05) is 0 Å². The van der Waals surface area contributed by atoms with Crippen LogP contribution in [-0.2, 0) is 0 Å². The number of benzene rings is 1. The molecule has 0 aromatic heterocycles. The van der Waals surface area contributed by atoms with E-state index < -0.39 is 0 Å². The maximum atomic E-state index is 13.3. The Morgan fingerprint density at radius 2 is 2.20 bits per heavy atom. The van der Waals surface area contributed by atoms with Gasteiger partial charge in [-0.2, -0.15) is 0 Å². The zero-order valence-corrected chi connectivity index (χ0v) is 9.77. The van der Waals surface area contributed by atoms with Crippen molar-refractivity contribution in [3.63, 3.8) is 0 Å². The van der Waals surface area contributed by atoms with Crippen molar-refractivity contribution >= 4 is 11.8 Å². The van der Waals surface area contributed by atoms with E-state index in [0.717, 1.165) is 10.5 Å². The van der Waals surface area contributed by atoms with Crippen LogP contribution < -0.4 is 5.73 Å². The summed E-state index contributed by atoms with van der Waals surface area (Å²) in [5.41, 5.74) is 7.18. The van der Waals surface area contributed by atoms with Crippen molar-refractivity contribution in [2.45, 2.75) is 24.8 Å². The number of thioether (sulfide) groups is 1. The lowest BCUT2D eigenvalue weighted by Crippen LogP contribution is -2.08. The van der Waals surface area contributed by atoms with E-state index in [-0.39, 0.29) is 18.5 Å². The van der Waals surface area contributed by atoms with Crippen LogP contribution in [0, 0.1) is 12.7 Å². The average molecular weight is 229 g/mol. The van der Waals surface area contributed by atoms with Crippen molar-refractivity contribution in [2.75, 3.05) is 12.4 Å². The molecule has 0 aliphatic rings. The highest BCUT2D eigenvalue weighted by molar-refractivity contribution is 7.99. The van der Waals surface area contributed by atoms with E-state index in [0.29, 0.717) is 11.3 Å². The van der Waals surface area contributed by atoms with Crippen LogP contribution in [0.3, 0.4) is 0 Å². The van der Waals surface area contributed by atoms with E-state index in [1.807, 2.05) is 6.92 Å². The third kappa shape index (κ3) is 3.19. The highest BCUT2D eigenvalue weighted by Gasteiger charge is 2.10. The molecule has 2 nitrogen and oxygen atoms in total. The third-order valence-corrected chi connectivity index (χ3v) is 3.18. The summed E-state index contributed by atoms with van der Waals surface area (Å²) in [6.45, 7) is 3.66. The van der Waals surface area contributed by atoms with Crippen LogP contribution in [0.1, 0.15) is 24.1 Å². The first kappa shape index (κ1) is 12.5. The summed E-state index contributed by atoms with van der Waals surface area (Å²) < 4.78 is 13.3. The highest BCUT2D eigenvalue weighted by Crippen LogP contribution is 2.28. The molecule has 1 unspecified atom stereocenters. The summed E-state index contributed by atoms with van der Waals surface area (Å²) in [4.78, 5) is 0.956. The third-order valence-electron chi connectivity index (χ3n) is 2.13. The summed E-state index contributed by atoms with van der Waals surface area (Å²) in [7, 11) is 0. The summed E-state index contributed by atoms with van der Waals surface area (Å²) in [6.07, 6.45) is 0. The van der Waals surface area contributed by atoms with Crippen LogP contribution >= 0.6 is 11.8 Å². The van der Waals surface area contributed by atoms with Gasteiger partial charge in [0.2, 0.25) is 0 Å². The van der Waals surface area contributed by atoms with Crippen LogP contribution in [0.2, 0.25) is 0 Å². The molecule has 0 bridgehead atoms. The minimum Gasteiger partial charge on any atom is -0.396 e. The van der Waals surface area contributed by atoms with Gasteiger partial charge in [-0.3, -0.25) is 0 Å². The SMILES string of the molecule is Cc1cc(SCCO)c(C(C)N)cc1F. The number of aryl methyl sites for hydroxylation is 1. The number of hydrogen-bond acceptors (Lipinski definition) is 3. The van der Waals surface area contributed by atoms with Crippen molar-refractivity contribution in [1.29, 1.82) is 0 Å². The van der Waals surface area contributed by atoms with Gasteiger partial charge in [-0.05, 0) is 37.1 Å². The van der Waals surface area contributed by atoms with Crippen molar-refractivity contribution in [3.05, 3.63) is 29.1 Å². The molecule has 1 aromatic carbocycles. The molecule has 1 aromatic rings. The van der Waals surface area contributed by atoms with E-state index in [9.17, 15) is 4.39 Å². The predicted molar refractivity (Wildman–Crippen MR) is 61.5 cm³/mol. The summed E-state index contributed by atoms with van der Waals surface area (Å²) in [6, 6.07) is 3.08. The Morgan fingerprint density at radius 1 is 1.53 bits per heavy atom. The van der Waals surface area contributed by atoms with E-state index >= 15 is 0 Å². The number of halogens is 1. The smallest absolute Gasteiger partial charge is 0.126 e. The molecule has 0 saturated carbocycles. The van der Waals surface area contributed by atoms with Crippen LogP contribution in [0.4, 0.5) is 4.39 Å². The lowest BCUT2D eigenvalue weighted by Gasteiger charge is -2.13. The second kappa shape index (κ2) is 5.49. The molecule has 0 fully saturated rings. The van der Waals surface area contributed by atoms with Gasteiger partial charge in [0.25, 0.3) is 0 Å². The van der Waals surface area contributed by atoms with Crippen molar-refractivity contribution < 1.29 is 9.50 Å². The molecule has 1 rings (SSSR count). The van der Waals surface area contributed by atoms with Crippen LogP contribution in [-0.4, -0.2) is 17.5 Å². The van der Waals surface area contributed by atoms with Gasteiger partial charge >= 0.3 is 0 Å². The Bertz CT molecular complexity index is 342. The molecule has 4 heteroatoms. The molecule has 84 valence electrons. The number of nitrogens with two attached hydrogens (primary N) is 1. The van der Waals surface area contributed by atoms with Crippen LogP contribution in [0.5, 0.6) is 0 Å². The van der Waals surface area contributed by atoms with E-state index in [1.54, 1.807) is 13.0 Å². The first-order chi connectivity index (χ1) is 7.06. The number of aliphatic hydroxyl groups excluding tert-OH is 1. The average Bonchev–Trinajstić information content (AvgIpc) is 2.19. The fourth-order valence-corrected chi connectivity index (χ4v) is 2.29. The topological polar surface area (TPSA) is 46.2 Å². The van der Waals surface area contributed by atoms with Gasteiger partial charge < -0.3 is 10.8 Å². The quantitative estimate of drug-likeness (QED) is 0.778. The second-order valence-corrected chi connectivity index (χ2v) is 4.64. The number of rotatable bonds is 4. The maximum Gasteiger partial charge on any atom is 0.126 e. The van der Waals surface area contributed by atoms with Crippen molar-refractivity contribution in [3.8, 4) is 0 Å². The Balaban J connectivity index is 3.04. The normalized spacial score (nSPS) is 12.9. The maximum absolute atomic E-state index is 13.3. The Labute approximate surface area is 93.7 Å². The lowest BCUT2D eigenvalue weighted by atomic mass is 10.1. The Kier molecular flexibility index (Phi) is 4.57. The van der Waals surface area contributed by atoms with Gasteiger partial charge in [-0.25, -0.2) is 4.39 Å². The fraction of sp³-hybridized carbons (Fsp3) is 0.455. The minimum absolute atomic E-state index is 0.111. The van der Waals surface area contributed by atoms with Gasteiger partial charge in [0, 0.05) is 16.7 Å². The van der Waals surface area contributed by atoms with E-state index in [1.165, 1.54) is 17.8 Å². The Morgan fingerprint density at radius 3 is 2.73 bits per heavy atom. The van der Waals surface area contributed by atoms with E-state index in [4.69, 9.17) is 10.8 Å². The fourth-order valence-electron chi connectivity index (χ4n) is 1.31. The molecule has 1 atom stereocenters. The Hall–Kier alpha value is -0.580. The zero-order valence-electron chi connectivity index (χ0n) is 8.96. The largest absolute Gasteiger partial charge is 0.396 e. The molecule has 0 heterocycles. The molecular weight excluding hydrogens is 213 g/mol.